The van der Waals surface area contributed by atoms with Gasteiger partial charge in [0.1, 0.15) is 5.75 Å². The summed E-state index contributed by atoms with van der Waals surface area (Å²) in [5.74, 6) is 0.129. The molecule has 0 aliphatic carbocycles. The molecule has 2 N–H and O–H groups in total. The number of rotatable bonds is 3. The summed E-state index contributed by atoms with van der Waals surface area (Å²) in [6.45, 7) is 3.34. The van der Waals surface area contributed by atoms with E-state index >= 15 is 0 Å². The molecule has 5 heteroatoms. The van der Waals surface area contributed by atoms with E-state index in [-0.39, 0.29) is 11.5 Å². The van der Waals surface area contributed by atoms with Crippen molar-refractivity contribution >= 4 is 20.7 Å². The van der Waals surface area contributed by atoms with Gasteiger partial charge in [-0.3, -0.25) is 0 Å². The second kappa shape index (κ2) is 4.07. The van der Waals surface area contributed by atoms with E-state index in [0.717, 1.165) is 5.39 Å². The third kappa shape index (κ3) is 2.15. The minimum absolute atomic E-state index is 0.00583. The van der Waals surface area contributed by atoms with Crippen LogP contribution in [0.5, 0.6) is 5.75 Å². The lowest BCUT2D eigenvalue weighted by molar-refractivity contribution is 0.480. The Labute approximate surface area is 100 Å². The van der Waals surface area contributed by atoms with Crippen molar-refractivity contribution in [2.24, 2.45) is 0 Å². The van der Waals surface area contributed by atoms with E-state index in [4.69, 9.17) is 0 Å². The van der Waals surface area contributed by atoms with Crippen LogP contribution in [0.4, 0.5) is 0 Å². The van der Waals surface area contributed by atoms with Gasteiger partial charge in [0, 0.05) is 11.6 Å². The van der Waals surface area contributed by atoms with E-state index < -0.39 is 15.1 Å². The Balaban J connectivity index is 2.48. The molecule has 17 heavy (non-hydrogen) atoms. The number of aromatic hydroxyl groups is 1. The fourth-order valence-corrected chi connectivity index (χ4v) is 2.70. The summed E-state index contributed by atoms with van der Waals surface area (Å²) in [5.41, 5.74) is 1.28. The average Bonchev–Trinajstić information content (AvgIpc) is 2.62. The van der Waals surface area contributed by atoms with Crippen molar-refractivity contribution in [2.75, 3.05) is 0 Å². The van der Waals surface area contributed by atoms with Crippen LogP contribution in [0.2, 0.25) is 0 Å². The minimum Gasteiger partial charge on any atom is -0.506 e. The van der Waals surface area contributed by atoms with Gasteiger partial charge < -0.3 is 10.1 Å². The molecule has 0 spiro atoms. The predicted octanol–water partition coefficient (Wildman–Crippen LogP) is 2.20. The molecule has 0 bridgehead atoms. The number of para-hydroxylation sites is 1. The van der Waals surface area contributed by atoms with Crippen molar-refractivity contribution in [3.63, 3.8) is 0 Å². The van der Waals surface area contributed by atoms with Crippen molar-refractivity contribution < 1.29 is 13.5 Å². The molecule has 0 aliphatic rings. The van der Waals surface area contributed by atoms with Gasteiger partial charge in [-0.25, -0.2) is 8.42 Å². The molecule has 0 atom stereocenters. The summed E-state index contributed by atoms with van der Waals surface area (Å²) < 4.78 is 23.7. The molecule has 1 heterocycles. The van der Waals surface area contributed by atoms with Crippen LogP contribution in [0.1, 0.15) is 19.4 Å². The number of phenolic OH excluding ortho intramolecular Hbond substituents is 1. The first-order valence-corrected chi connectivity index (χ1v) is 7.13. The highest BCUT2D eigenvalue weighted by Gasteiger charge is 2.19. The minimum atomic E-state index is -3.13. The Kier molecular flexibility index (Phi) is 2.87. The summed E-state index contributed by atoms with van der Waals surface area (Å²) >= 11 is 0. The van der Waals surface area contributed by atoms with E-state index in [1.54, 1.807) is 38.2 Å². The summed E-state index contributed by atoms with van der Waals surface area (Å²) in [6, 6.07) is 5.08. The summed E-state index contributed by atoms with van der Waals surface area (Å²) in [4.78, 5) is 2.90. The standard InChI is InChI=1S/C12H15NO3S/c1-8(2)17(15,16)7-9-6-13-12-10(9)4-3-5-11(12)14/h3-6,8,13-14H,7H2,1-2H3. The van der Waals surface area contributed by atoms with Gasteiger partial charge >= 0.3 is 0 Å². The molecular formula is C12H15NO3S. The number of hydrogen-bond donors (Lipinski definition) is 2. The van der Waals surface area contributed by atoms with Crippen molar-refractivity contribution in [1.82, 2.24) is 4.98 Å². The van der Waals surface area contributed by atoms with Gasteiger partial charge in [-0.1, -0.05) is 12.1 Å². The molecule has 2 aromatic rings. The Bertz CT molecular complexity index is 641. The van der Waals surface area contributed by atoms with Crippen LogP contribution >= 0.6 is 0 Å². The number of benzene rings is 1. The highest BCUT2D eigenvalue weighted by atomic mass is 32.2. The van der Waals surface area contributed by atoms with Crippen LogP contribution in [-0.2, 0) is 15.6 Å². The van der Waals surface area contributed by atoms with Gasteiger partial charge in [-0.15, -0.1) is 0 Å². The number of aromatic amines is 1. The molecule has 0 radical (unpaired) electrons. The normalized spacial score (nSPS) is 12.4. The smallest absolute Gasteiger partial charge is 0.156 e. The van der Waals surface area contributed by atoms with Crippen LogP contribution < -0.4 is 0 Å². The maximum absolute atomic E-state index is 11.8. The average molecular weight is 253 g/mol. The fourth-order valence-electron chi connectivity index (χ4n) is 1.70. The number of fused-ring (bicyclic) bond motifs is 1. The lowest BCUT2D eigenvalue weighted by Gasteiger charge is -2.06. The molecular weight excluding hydrogens is 238 g/mol. The van der Waals surface area contributed by atoms with E-state index in [1.165, 1.54) is 0 Å². The Morgan fingerprint density at radius 1 is 1.35 bits per heavy atom. The largest absolute Gasteiger partial charge is 0.506 e. The predicted molar refractivity (Wildman–Crippen MR) is 67.7 cm³/mol. The van der Waals surface area contributed by atoms with Crippen LogP contribution in [0, 0.1) is 0 Å². The second-order valence-corrected chi connectivity index (χ2v) is 6.93. The molecule has 92 valence electrons. The monoisotopic (exact) mass is 253 g/mol. The highest BCUT2D eigenvalue weighted by molar-refractivity contribution is 7.91. The van der Waals surface area contributed by atoms with Crippen LogP contribution in [0.25, 0.3) is 10.9 Å². The van der Waals surface area contributed by atoms with Crippen molar-refractivity contribution in [3.8, 4) is 5.75 Å². The van der Waals surface area contributed by atoms with E-state index in [2.05, 4.69) is 4.98 Å². The Hall–Kier alpha value is -1.49. The number of phenols is 1. The molecule has 0 saturated carbocycles. The molecule has 0 amide bonds. The van der Waals surface area contributed by atoms with Gasteiger partial charge in [0.25, 0.3) is 0 Å². The quantitative estimate of drug-likeness (QED) is 0.881. The zero-order valence-electron chi connectivity index (χ0n) is 9.77. The fraction of sp³-hybridized carbons (Fsp3) is 0.333. The highest BCUT2D eigenvalue weighted by Crippen LogP contribution is 2.27. The first-order valence-electron chi connectivity index (χ1n) is 5.41. The number of H-pyrrole nitrogens is 1. The van der Waals surface area contributed by atoms with Crippen molar-refractivity contribution in [3.05, 3.63) is 30.0 Å². The van der Waals surface area contributed by atoms with Gasteiger partial charge in [0.15, 0.2) is 9.84 Å². The van der Waals surface area contributed by atoms with E-state index in [9.17, 15) is 13.5 Å². The number of aromatic nitrogens is 1. The van der Waals surface area contributed by atoms with Gasteiger partial charge in [0.05, 0.1) is 16.5 Å². The summed E-state index contributed by atoms with van der Waals surface area (Å²) in [6.07, 6.45) is 1.64. The Morgan fingerprint density at radius 2 is 2.06 bits per heavy atom. The van der Waals surface area contributed by atoms with Gasteiger partial charge in [-0.2, -0.15) is 0 Å². The zero-order chi connectivity index (χ0) is 12.6. The third-order valence-electron chi connectivity index (χ3n) is 2.85. The maximum Gasteiger partial charge on any atom is 0.156 e. The van der Waals surface area contributed by atoms with Crippen molar-refractivity contribution in [2.45, 2.75) is 24.9 Å². The van der Waals surface area contributed by atoms with Crippen LogP contribution in [0.3, 0.4) is 0 Å². The number of hydrogen-bond acceptors (Lipinski definition) is 3. The SMILES string of the molecule is CC(C)S(=O)(=O)Cc1c[nH]c2c(O)cccc12. The number of nitrogens with one attached hydrogen (secondary N) is 1. The summed E-state index contributed by atoms with van der Waals surface area (Å²) in [5, 5.41) is 9.97. The molecule has 1 aromatic carbocycles. The summed E-state index contributed by atoms with van der Waals surface area (Å²) in [7, 11) is -3.13. The third-order valence-corrected chi connectivity index (χ3v) is 5.00. The molecule has 0 fully saturated rings. The van der Waals surface area contributed by atoms with Crippen LogP contribution in [-0.4, -0.2) is 23.8 Å². The first-order chi connectivity index (χ1) is 7.92. The lowest BCUT2D eigenvalue weighted by atomic mass is 10.2. The molecule has 1 aromatic heterocycles. The number of sulfone groups is 1. The van der Waals surface area contributed by atoms with Crippen LogP contribution in [0.15, 0.2) is 24.4 Å². The molecule has 4 nitrogen and oxygen atoms in total. The van der Waals surface area contributed by atoms with E-state index in [1.807, 2.05) is 0 Å². The van der Waals surface area contributed by atoms with Gasteiger partial charge in [0.2, 0.25) is 0 Å². The lowest BCUT2D eigenvalue weighted by Crippen LogP contribution is -2.15. The molecule has 0 aliphatic heterocycles. The van der Waals surface area contributed by atoms with Gasteiger partial charge in [-0.05, 0) is 25.5 Å². The molecule has 0 unspecified atom stereocenters. The van der Waals surface area contributed by atoms with E-state index in [0.29, 0.717) is 11.1 Å². The maximum atomic E-state index is 11.8. The second-order valence-electron chi connectivity index (χ2n) is 4.37. The molecule has 0 saturated heterocycles. The van der Waals surface area contributed by atoms with Crippen molar-refractivity contribution in [1.29, 1.82) is 0 Å². The zero-order valence-corrected chi connectivity index (χ0v) is 10.6. The molecule has 2 rings (SSSR count). The topological polar surface area (TPSA) is 70.2 Å². The first kappa shape index (κ1) is 12.0. The Morgan fingerprint density at radius 3 is 2.71 bits per heavy atom.